The van der Waals surface area contributed by atoms with Crippen molar-refractivity contribution in [2.45, 2.75) is 12.6 Å². The lowest BCUT2D eigenvalue weighted by atomic mass is 9.98. The molecular formula is C25H21ClN2O5. The number of aromatic nitrogens is 1. The highest BCUT2D eigenvalue weighted by Crippen LogP contribution is 2.40. The number of ether oxygens (including phenoxy) is 2. The number of aliphatic hydroxyl groups is 1. The van der Waals surface area contributed by atoms with E-state index < -0.39 is 17.7 Å². The zero-order chi connectivity index (χ0) is 23.5. The van der Waals surface area contributed by atoms with Gasteiger partial charge in [-0.05, 0) is 48.0 Å². The number of amides is 1. The van der Waals surface area contributed by atoms with E-state index in [4.69, 9.17) is 21.1 Å². The number of hydrogen-bond acceptors (Lipinski definition) is 6. The number of aliphatic hydroxyl groups excluding tert-OH is 1. The van der Waals surface area contributed by atoms with Crippen LogP contribution in [0.15, 0.2) is 72.4 Å². The maximum Gasteiger partial charge on any atom is 0.296 e. The second kappa shape index (κ2) is 9.34. The Morgan fingerprint density at radius 3 is 2.55 bits per heavy atom. The van der Waals surface area contributed by atoms with Gasteiger partial charge in [0.05, 0.1) is 30.5 Å². The number of rotatable bonds is 6. The standard InChI is InChI=1S/C25H21ClN2O5/c1-32-17-7-5-6-15(12-17)14-28-22(19-8-3-4-11-27-19)21(24(30)25(28)31)23(29)16-9-10-20(33-2)18(26)13-16/h3-13,22,29H,14H2,1-2H3/b23-21-. The third-order valence-corrected chi connectivity index (χ3v) is 5.72. The lowest BCUT2D eigenvalue weighted by molar-refractivity contribution is -0.140. The number of ketones is 1. The SMILES string of the molecule is COc1cccc(CN2C(=O)C(=O)/C(=C(\O)c3ccc(OC)c(Cl)c3)C2c2ccccn2)c1. The van der Waals surface area contributed by atoms with Crippen LogP contribution < -0.4 is 9.47 Å². The molecule has 0 spiro atoms. The van der Waals surface area contributed by atoms with E-state index in [1.54, 1.807) is 61.8 Å². The van der Waals surface area contributed by atoms with E-state index in [1.165, 1.54) is 18.1 Å². The van der Waals surface area contributed by atoms with Gasteiger partial charge >= 0.3 is 0 Å². The van der Waals surface area contributed by atoms with Crippen LogP contribution in [0.25, 0.3) is 5.76 Å². The van der Waals surface area contributed by atoms with Crippen molar-refractivity contribution < 1.29 is 24.2 Å². The van der Waals surface area contributed by atoms with E-state index in [9.17, 15) is 14.7 Å². The summed E-state index contributed by atoms with van der Waals surface area (Å²) in [6, 6.07) is 16.2. The number of pyridine rings is 1. The molecule has 4 rings (SSSR count). The van der Waals surface area contributed by atoms with Gasteiger partial charge in [0.25, 0.3) is 11.7 Å². The molecule has 2 aromatic carbocycles. The lowest BCUT2D eigenvalue weighted by Crippen LogP contribution is -2.29. The summed E-state index contributed by atoms with van der Waals surface area (Å²) in [7, 11) is 3.03. The zero-order valence-corrected chi connectivity index (χ0v) is 18.7. The van der Waals surface area contributed by atoms with E-state index in [0.717, 1.165) is 5.56 Å². The summed E-state index contributed by atoms with van der Waals surface area (Å²) in [6.45, 7) is 0.128. The summed E-state index contributed by atoms with van der Waals surface area (Å²) in [5, 5.41) is 11.4. The average Bonchev–Trinajstić information content (AvgIpc) is 3.09. The van der Waals surface area contributed by atoms with Crippen molar-refractivity contribution in [2.75, 3.05) is 14.2 Å². The van der Waals surface area contributed by atoms with Crippen LogP contribution in [0.2, 0.25) is 5.02 Å². The molecule has 1 atom stereocenters. The van der Waals surface area contributed by atoms with Gasteiger partial charge < -0.3 is 19.5 Å². The molecule has 1 unspecified atom stereocenters. The molecule has 1 fully saturated rings. The number of Topliss-reactive ketones (excluding diaryl/α,β-unsaturated/α-hetero) is 1. The molecule has 0 aliphatic carbocycles. The van der Waals surface area contributed by atoms with Gasteiger partial charge in [-0.25, -0.2) is 0 Å². The van der Waals surface area contributed by atoms with Crippen LogP contribution in [0.4, 0.5) is 0 Å². The summed E-state index contributed by atoms with van der Waals surface area (Å²) >= 11 is 6.22. The first-order valence-corrected chi connectivity index (χ1v) is 10.5. The zero-order valence-electron chi connectivity index (χ0n) is 18.0. The van der Waals surface area contributed by atoms with E-state index in [-0.39, 0.29) is 22.9 Å². The quantitative estimate of drug-likeness (QED) is 0.331. The van der Waals surface area contributed by atoms with Crippen molar-refractivity contribution in [3.63, 3.8) is 0 Å². The number of benzene rings is 2. The van der Waals surface area contributed by atoms with Gasteiger partial charge in [0.1, 0.15) is 23.3 Å². The largest absolute Gasteiger partial charge is 0.507 e. The predicted molar refractivity (Wildman–Crippen MR) is 123 cm³/mol. The minimum Gasteiger partial charge on any atom is -0.507 e. The number of nitrogens with zero attached hydrogens (tertiary/aromatic N) is 2. The first-order valence-electron chi connectivity index (χ1n) is 10.1. The van der Waals surface area contributed by atoms with Gasteiger partial charge in [0.15, 0.2) is 0 Å². The third-order valence-electron chi connectivity index (χ3n) is 5.42. The minimum absolute atomic E-state index is 0.0529. The van der Waals surface area contributed by atoms with Gasteiger partial charge in [-0.3, -0.25) is 14.6 Å². The Balaban J connectivity index is 1.83. The molecule has 1 amide bonds. The summed E-state index contributed by atoms with van der Waals surface area (Å²) in [6.07, 6.45) is 1.57. The molecular weight excluding hydrogens is 444 g/mol. The summed E-state index contributed by atoms with van der Waals surface area (Å²) in [4.78, 5) is 32.0. The topological polar surface area (TPSA) is 89.0 Å². The van der Waals surface area contributed by atoms with Crippen LogP contribution >= 0.6 is 11.6 Å². The van der Waals surface area contributed by atoms with Crippen molar-refractivity contribution in [2.24, 2.45) is 0 Å². The maximum absolute atomic E-state index is 13.1. The number of carbonyl (C=O) groups is 2. The third kappa shape index (κ3) is 4.27. The summed E-state index contributed by atoms with van der Waals surface area (Å²) in [5.41, 5.74) is 1.47. The predicted octanol–water partition coefficient (Wildman–Crippen LogP) is 4.37. The molecule has 1 saturated heterocycles. The fourth-order valence-electron chi connectivity index (χ4n) is 3.82. The normalized spacial score (nSPS) is 17.3. The Labute approximate surface area is 195 Å². The first-order chi connectivity index (χ1) is 15.9. The molecule has 1 N–H and O–H groups in total. The summed E-state index contributed by atoms with van der Waals surface area (Å²) < 4.78 is 10.4. The Morgan fingerprint density at radius 2 is 1.88 bits per heavy atom. The Bertz CT molecular complexity index is 1240. The fraction of sp³-hybridized carbons (Fsp3) is 0.160. The Hall–Kier alpha value is -3.84. The van der Waals surface area contributed by atoms with Gasteiger partial charge in [0.2, 0.25) is 0 Å². The van der Waals surface area contributed by atoms with Crippen LogP contribution in [0, 0.1) is 0 Å². The van der Waals surface area contributed by atoms with Crippen molar-refractivity contribution in [3.8, 4) is 11.5 Å². The van der Waals surface area contributed by atoms with Crippen LogP contribution in [-0.2, 0) is 16.1 Å². The highest BCUT2D eigenvalue weighted by Gasteiger charge is 2.46. The molecule has 2 heterocycles. The molecule has 8 heteroatoms. The highest BCUT2D eigenvalue weighted by atomic mass is 35.5. The molecule has 3 aromatic rings. The van der Waals surface area contributed by atoms with Gasteiger partial charge in [-0.15, -0.1) is 0 Å². The first kappa shape index (κ1) is 22.4. The minimum atomic E-state index is -0.877. The number of halogens is 1. The second-order valence-electron chi connectivity index (χ2n) is 7.38. The van der Waals surface area contributed by atoms with E-state index in [2.05, 4.69) is 4.98 Å². The van der Waals surface area contributed by atoms with Gasteiger partial charge in [-0.1, -0.05) is 29.8 Å². The van der Waals surface area contributed by atoms with Crippen molar-refractivity contribution in [1.82, 2.24) is 9.88 Å². The number of methoxy groups -OCH3 is 2. The Kier molecular flexibility index (Phi) is 6.33. The molecule has 1 aromatic heterocycles. The molecule has 0 saturated carbocycles. The van der Waals surface area contributed by atoms with E-state index in [0.29, 0.717) is 22.8 Å². The average molecular weight is 465 g/mol. The van der Waals surface area contributed by atoms with Gasteiger partial charge in [0, 0.05) is 18.3 Å². The van der Waals surface area contributed by atoms with Crippen LogP contribution in [0.1, 0.15) is 22.9 Å². The maximum atomic E-state index is 13.1. The smallest absolute Gasteiger partial charge is 0.296 e. The molecule has 7 nitrogen and oxygen atoms in total. The summed E-state index contributed by atoms with van der Waals surface area (Å²) in [5.74, 6) is -0.798. The van der Waals surface area contributed by atoms with Crippen LogP contribution in [-0.4, -0.2) is 40.9 Å². The van der Waals surface area contributed by atoms with E-state index in [1.807, 2.05) is 6.07 Å². The lowest BCUT2D eigenvalue weighted by Gasteiger charge is -2.24. The van der Waals surface area contributed by atoms with E-state index >= 15 is 0 Å². The molecule has 1 aliphatic rings. The highest BCUT2D eigenvalue weighted by molar-refractivity contribution is 6.46. The molecule has 168 valence electrons. The molecule has 0 radical (unpaired) electrons. The number of hydrogen-bond donors (Lipinski definition) is 1. The van der Waals surface area contributed by atoms with Crippen molar-refractivity contribution in [1.29, 1.82) is 0 Å². The van der Waals surface area contributed by atoms with Crippen LogP contribution in [0.5, 0.6) is 11.5 Å². The van der Waals surface area contributed by atoms with Crippen molar-refractivity contribution >= 4 is 29.1 Å². The molecule has 0 bridgehead atoms. The molecule has 1 aliphatic heterocycles. The van der Waals surface area contributed by atoms with Crippen LogP contribution in [0.3, 0.4) is 0 Å². The second-order valence-corrected chi connectivity index (χ2v) is 7.79. The Morgan fingerprint density at radius 1 is 1.06 bits per heavy atom. The van der Waals surface area contributed by atoms with Crippen molar-refractivity contribution in [3.05, 3.63) is 94.3 Å². The fourth-order valence-corrected chi connectivity index (χ4v) is 4.08. The monoisotopic (exact) mass is 464 g/mol. The number of likely N-dealkylation sites (tertiary alicyclic amines) is 1. The number of carbonyl (C=O) groups excluding carboxylic acids is 2. The van der Waals surface area contributed by atoms with Gasteiger partial charge in [-0.2, -0.15) is 0 Å². The molecule has 33 heavy (non-hydrogen) atoms.